The zero-order chi connectivity index (χ0) is 12.2. The third-order valence-electron chi connectivity index (χ3n) is 2.04. The first-order valence-electron chi connectivity index (χ1n) is 5.52. The molecule has 0 aromatic carbocycles. The summed E-state index contributed by atoms with van der Waals surface area (Å²) in [5.74, 6) is 1.71. The summed E-state index contributed by atoms with van der Waals surface area (Å²) in [4.78, 5) is 12.6. The molecular weight excluding hydrogens is 204 g/mol. The lowest BCUT2D eigenvalue weighted by Gasteiger charge is -2.17. The SMILES string of the molecule is CCOCCc1nc(N)nc(C(C)(C)C)n1. The van der Waals surface area contributed by atoms with Crippen LogP contribution in [0.3, 0.4) is 0 Å². The quantitative estimate of drug-likeness (QED) is 0.781. The third-order valence-corrected chi connectivity index (χ3v) is 2.04. The van der Waals surface area contributed by atoms with Gasteiger partial charge in [0.05, 0.1) is 6.61 Å². The summed E-state index contributed by atoms with van der Waals surface area (Å²) < 4.78 is 5.26. The van der Waals surface area contributed by atoms with Crippen LogP contribution in [0.25, 0.3) is 0 Å². The first-order chi connectivity index (χ1) is 7.43. The Morgan fingerprint density at radius 2 is 1.88 bits per heavy atom. The molecule has 1 aromatic rings. The van der Waals surface area contributed by atoms with Crippen LogP contribution < -0.4 is 5.73 Å². The van der Waals surface area contributed by atoms with Crippen LogP contribution in [0.1, 0.15) is 39.3 Å². The molecule has 90 valence electrons. The molecule has 1 aromatic heterocycles. The van der Waals surface area contributed by atoms with E-state index < -0.39 is 0 Å². The maximum Gasteiger partial charge on any atom is 0.223 e. The Bertz CT molecular complexity index is 346. The lowest BCUT2D eigenvalue weighted by atomic mass is 9.96. The maximum absolute atomic E-state index is 5.66. The van der Waals surface area contributed by atoms with E-state index in [9.17, 15) is 0 Å². The van der Waals surface area contributed by atoms with Crippen LogP contribution in [-0.4, -0.2) is 28.2 Å². The van der Waals surface area contributed by atoms with Crippen molar-refractivity contribution < 1.29 is 4.74 Å². The predicted molar refractivity (Wildman–Crippen MR) is 63.1 cm³/mol. The van der Waals surface area contributed by atoms with E-state index in [2.05, 4.69) is 15.0 Å². The summed E-state index contributed by atoms with van der Waals surface area (Å²) in [6.07, 6.45) is 0.670. The van der Waals surface area contributed by atoms with Crippen molar-refractivity contribution in [2.45, 2.75) is 39.5 Å². The van der Waals surface area contributed by atoms with E-state index in [-0.39, 0.29) is 11.4 Å². The second-order valence-corrected chi connectivity index (χ2v) is 4.63. The predicted octanol–water partition coefficient (Wildman–Crippen LogP) is 1.33. The molecule has 0 bridgehead atoms. The van der Waals surface area contributed by atoms with Gasteiger partial charge in [-0.25, -0.2) is 4.98 Å². The van der Waals surface area contributed by atoms with Crippen LogP contribution in [0, 0.1) is 0 Å². The van der Waals surface area contributed by atoms with Gasteiger partial charge in [-0.15, -0.1) is 0 Å². The lowest BCUT2D eigenvalue weighted by Crippen LogP contribution is -2.20. The summed E-state index contributed by atoms with van der Waals surface area (Å²) in [5, 5.41) is 0. The number of hydrogen-bond donors (Lipinski definition) is 1. The number of ether oxygens (including phenoxy) is 1. The van der Waals surface area contributed by atoms with Crippen molar-refractivity contribution in [3.63, 3.8) is 0 Å². The lowest BCUT2D eigenvalue weighted by molar-refractivity contribution is 0.149. The molecule has 1 heterocycles. The van der Waals surface area contributed by atoms with Crippen molar-refractivity contribution in [2.24, 2.45) is 0 Å². The van der Waals surface area contributed by atoms with Gasteiger partial charge in [-0.2, -0.15) is 9.97 Å². The summed E-state index contributed by atoms with van der Waals surface area (Å²) in [6.45, 7) is 9.43. The summed E-state index contributed by atoms with van der Waals surface area (Å²) in [7, 11) is 0. The Balaban J connectivity index is 2.82. The fraction of sp³-hybridized carbons (Fsp3) is 0.727. The zero-order valence-electron chi connectivity index (χ0n) is 10.4. The largest absolute Gasteiger partial charge is 0.381 e. The summed E-state index contributed by atoms with van der Waals surface area (Å²) in [6, 6.07) is 0. The van der Waals surface area contributed by atoms with Gasteiger partial charge < -0.3 is 10.5 Å². The van der Waals surface area contributed by atoms with Crippen molar-refractivity contribution in [3.8, 4) is 0 Å². The Morgan fingerprint density at radius 1 is 1.19 bits per heavy atom. The molecule has 0 aliphatic heterocycles. The molecule has 0 aliphatic carbocycles. The van der Waals surface area contributed by atoms with Crippen molar-refractivity contribution in [1.29, 1.82) is 0 Å². The minimum Gasteiger partial charge on any atom is -0.381 e. The van der Waals surface area contributed by atoms with Gasteiger partial charge in [-0.05, 0) is 6.92 Å². The van der Waals surface area contributed by atoms with Crippen LogP contribution in [-0.2, 0) is 16.6 Å². The number of hydrogen-bond acceptors (Lipinski definition) is 5. The van der Waals surface area contributed by atoms with Crippen molar-refractivity contribution in [3.05, 3.63) is 11.6 Å². The first-order valence-corrected chi connectivity index (χ1v) is 5.52. The minimum atomic E-state index is -0.114. The van der Waals surface area contributed by atoms with Gasteiger partial charge >= 0.3 is 0 Å². The molecule has 0 amide bonds. The molecule has 0 fully saturated rings. The highest BCUT2D eigenvalue weighted by Gasteiger charge is 2.19. The van der Waals surface area contributed by atoms with Gasteiger partial charge in [-0.3, -0.25) is 0 Å². The first kappa shape index (κ1) is 12.8. The van der Waals surface area contributed by atoms with Gasteiger partial charge in [0.15, 0.2) is 0 Å². The highest BCUT2D eigenvalue weighted by Crippen LogP contribution is 2.18. The number of nitrogen functional groups attached to an aromatic ring is 1. The molecule has 0 aliphatic rings. The van der Waals surface area contributed by atoms with Crippen molar-refractivity contribution >= 4 is 5.95 Å². The molecule has 0 unspecified atom stereocenters. The average molecular weight is 224 g/mol. The molecule has 0 saturated carbocycles. The van der Waals surface area contributed by atoms with E-state index in [0.29, 0.717) is 25.5 Å². The van der Waals surface area contributed by atoms with Gasteiger partial charge in [0.1, 0.15) is 11.6 Å². The highest BCUT2D eigenvalue weighted by molar-refractivity contribution is 5.18. The molecule has 0 radical (unpaired) electrons. The van der Waals surface area contributed by atoms with Crippen LogP contribution >= 0.6 is 0 Å². The maximum atomic E-state index is 5.66. The average Bonchev–Trinajstić information content (AvgIpc) is 2.16. The summed E-state index contributed by atoms with van der Waals surface area (Å²) in [5.41, 5.74) is 5.54. The molecule has 0 spiro atoms. The molecule has 5 nitrogen and oxygen atoms in total. The van der Waals surface area contributed by atoms with Gasteiger partial charge in [-0.1, -0.05) is 20.8 Å². The Kier molecular flexibility index (Phi) is 4.18. The number of aromatic nitrogens is 3. The molecular formula is C11H20N4O. The fourth-order valence-corrected chi connectivity index (χ4v) is 1.19. The molecule has 2 N–H and O–H groups in total. The van der Waals surface area contributed by atoms with E-state index in [1.54, 1.807) is 0 Å². The van der Waals surface area contributed by atoms with Crippen LogP contribution in [0.4, 0.5) is 5.95 Å². The van der Waals surface area contributed by atoms with E-state index in [0.717, 1.165) is 5.82 Å². The number of anilines is 1. The van der Waals surface area contributed by atoms with Gasteiger partial charge in [0.25, 0.3) is 0 Å². The molecule has 1 rings (SSSR count). The normalized spacial score (nSPS) is 11.8. The number of nitrogens with zero attached hydrogens (tertiary/aromatic N) is 3. The minimum absolute atomic E-state index is 0.114. The van der Waals surface area contributed by atoms with Crippen LogP contribution in [0.15, 0.2) is 0 Å². The second-order valence-electron chi connectivity index (χ2n) is 4.63. The van der Waals surface area contributed by atoms with Crippen molar-refractivity contribution in [1.82, 2.24) is 15.0 Å². The highest BCUT2D eigenvalue weighted by atomic mass is 16.5. The molecule has 0 saturated heterocycles. The van der Waals surface area contributed by atoms with E-state index in [1.807, 2.05) is 27.7 Å². The van der Waals surface area contributed by atoms with E-state index in [4.69, 9.17) is 10.5 Å². The van der Waals surface area contributed by atoms with Crippen LogP contribution in [0.2, 0.25) is 0 Å². The zero-order valence-corrected chi connectivity index (χ0v) is 10.4. The van der Waals surface area contributed by atoms with Crippen molar-refractivity contribution in [2.75, 3.05) is 18.9 Å². The Morgan fingerprint density at radius 3 is 2.44 bits per heavy atom. The Labute approximate surface area is 96.5 Å². The second kappa shape index (κ2) is 5.21. The van der Waals surface area contributed by atoms with Gasteiger partial charge in [0.2, 0.25) is 5.95 Å². The number of nitrogens with two attached hydrogens (primary N) is 1. The molecule has 16 heavy (non-hydrogen) atoms. The molecule has 0 atom stereocenters. The Hall–Kier alpha value is -1.23. The fourth-order valence-electron chi connectivity index (χ4n) is 1.19. The summed E-state index contributed by atoms with van der Waals surface area (Å²) >= 11 is 0. The van der Waals surface area contributed by atoms with E-state index in [1.165, 1.54) is 0 Å². The smallest absolute Gasteiger partial charge is 0.223 e. The third kappa shape index (κ3) is 3.73. The van der Waals surface area contributed by atoms with Crippen LogP contribution in [0.5, 0.6) is 0 Å². The standard InChI is InChI=1S/C11H20N4O/c1-5-16-7-6-8-13-9(11(2,3)4)15-10(12)14-8/h5-7H2,1-4H3,(H2,12,13,14,15). The monoisotopic (exact) mass is 224 g/mol. The molecule has 5 heteroatoms. The van der Waals surface area contributed by atoms with Gasteiger partial charge in [0, 0.05) is 18.4 Å². The topological polar surface area (TPSA) is 73.9 Å². The number of rotatable bonds is 4. The van der Waals surface area contributed by atoms with E-state index >= 15 is 0 Å².